The van der Waals surface area contributed by atoms with Gasteiger partial charge in [0.05, 0.1) is 11.6 Å². The molecular formula is C24H17Br2N5O3. The van der Waals surface area contributed by atoms with Gasteiger partial charge in [-0.25, -0.2) is 10.5 Å². The van der Waals surface area contributed by atoms with E-state index in [1.165, 1.54) is 6.21 Å². The van der Waals surface area contributed by atoms with E-state index < -0.39 is 23.4 Å². The molecule has 0 aliphatic heterocycles. The molecule has 0 bridgehead atoms. The van der Waals surface area contributed by atoms with Crippen LogP contribution in [0.25, 0.3) is 10.8 Å². The summed E-state index contributed by atoms with van der Waals surface area (Å²) in [6, 6.07) is 19.5. The molecule has 0 saturated carbocycles. The van der Waals surface area contributed by atoms with Gasteiger partial charge in [0, 0.05) is 19.9 Å². The van der Waals surface area contributed by atoms with Crippen molar-refractivity contribution in [1.82, 2.24) is 20.9 Å². The maximum Gasteiger partial charge on any atom is 0.272 e. The average molecular weight is 583 g/mol. The van der Waals surface area contributed by atoms with E-state index in [9.17, 15) is 14.4 Å². The fourth-order valence-corrected chi connectivity index (χ4v) is 4.63. The molecule has 34 heavy (non-hydrogen) atoms. The van der Waals surface area contributed by atoms with Gasteiger partial charge in [0.15, 0.2) is 6.04 Å². The number of halogens is 2. The first-order chi connectivity index (χ1) is 16.4. The number of carbonyl (C=O) groups is 2. The first-order valence-electron chi connectivity index (χ1n) is 10.0. The van der Waals surface area contributed by atoms with Crippen LogP contribution in [0.5, 0.6) is 0 Å². The van der Waals surface area contributed by atoms with Gasteiger partial charge in [-0.15, -0.1) is 0 Å². The van der Waals surface area contributed by atoms with Crippen molar-refractivity contribution in [2.24, 2.45) is 5.10 Å². The van der Waals surface area contributed by atoms with Gasteiger partial charge in [-0.1, -0.05) is 68.3 Å². The molecule has 2 amide bonds. The molecule has 0 spiro atoms. The van der Waals surface area contributed by atoms with Crippen LogP contribution in [0.15, 0.2) is 91.6 Å². The van der Waals surface area contributed by atoms with E-state index in [1.807, 2.05) is 18.2 Å². The van der Waals surface area contributed by atoms with Gasteiger partial charge in [0.25, 0.3) is 17.4 Å². The Morgan fingerprint density at radius 1 is 0.941 bits per heavy atom. The number of aromatic nitrogens is 2. The lowest BCUT2D eigenvalue weighted by Gasteiger charge is -2.18. The van der Waals surface area contributed by atoms with Gasteiger partial charge in [-0.2, -0.15) is 10.2 Å². The van der Waals surface area contributed by atoms with E-state index in [0.29, 0.717) is 16.3 Å². The Kier molecular flexibility index (Phi) is 7.29. The highest BCUT2D eigenvalue weighted by Gasteiger charge is 2.27. The normalized spacial score (nSPS) is 11.9. The van der Waals surface area contributed by atoms with Crippen LogP contribution in [0.3, 0.4) is 0 Å². The van der Waals surface area contributed by atoms with E-state index in [-0.39, 0.29) is 5.69 Å². The van der Waals surface area contributed by atoms with Gasteiger partial charge < -0.3 is 5.32 Å². The SMILES string of the molecule is O=C(NC(C(=O)NN=Cc1cc(Br)cc(Br)c1)c1n[nH]c(=O)c2ccccc12)c1ccccc1. The number of carbonyl (C=O) groups excluding carboxylic acids is 2. The number of aromatic amines is 1. The maximum atomic E-state index is 13.2. The van der Waals surface area contributed by atoms with Crippen LogP contribution < -0.4 is 16.3 Å². The second kappa shape index (κ2) is 10.5. The highest BCUT2D eigenvalue weighted by atomic mass is 79.9. The molecule has 10 heteroatoms. The van der Waals surface area contributed by atoms with Gasteiger partial charge in [0.2, 0.25) is 0 Å². The number of nitrogens with one attached hydrogen (secondary N) is 3. The summed E-state index contributed by atoms with van der Waals surface area (Å²) in [6.45, 7) is 0. The minimum atomic E-state index is -1.22. The number of hydrazone groups is 1. The lowest BCUT2D eigenvalue weighted by molar-refractivity contribution is -0.123. The van der Waals surface area contributed by atoms with Crippen molar-refractivity contribution in [3.05, 3.63) is 109 Å². The molecule has 1 aromatic heterocycles. The topological polar surface area (TPSA) is 116 Å². The Morgan fingerprint density at radius 3 is 2.29 bits per heavy atom. The van der Waals surface area contributed by atoms with Crippen LogP contribution in [-0.2, 0) is 4.79 Å². The largest absolute Gasteiger partial charge is 0.335 e. The summed E-state index contributed by atoms with van der Waals surface area (Å²) < 4.78 is 1.68. The highest BCUT2D eigenvalue weighted by Crippen LogP contribution is 2.21. The van der Waals surface area contributed by atoms with Gasteiger partial charge in [0.1, 0.15) is 5.69 Å². The minimum absolute atomic E-state index is 0.192. The number of hydrogen-bond acceptors (Lipinski definition) is 5. The first kappa shape index (κ1) is 23.5. The van der Waals surface area contributed by atoms with Crippen LogP contribution in [-0.4, -0.2) is 28.2 Å². The second-order valence-corrected chi connectivity index (χ2v) is 9.02. The van der Waals surface area contributed by atoms with E-state index in [2.05, 4.69) is 57.9 Å². The molecule has 4 rings (SSSR count). The van der Waals surface area contributed by atoms with E-state index >= 15 is 0 Å². The van der Waals surface area contributed by atoms with Crippen molar-refractivity contribution < 1.29 is 9.59 Å². The summed E-state index contributed by atoms with van der Waals surface area (Å²) >= 11 is 6.80. The first-order valence-corrected chi connectivity index (χ1v) is 11.6. The summed E-state index contributed by atoms with van der Waals surface area (Å²) in [7, 11) is 0. The van der Waals surface area contributed by atoms with Crippen LogP contribution in [0.1, 0.15) is 27.7 Å². The third kappa shape index (κ3) is 5.46. The van der Waals surface area contributed by atoms with Gasteiger partial charge in [-0.3, -0.25) is 14.4 Å². The number of fused-ring (bicyclic) bond motifs is 1. The van der Waals surface area contributed by atoms with Crippen LogP contribution >= 0.6 is 31.9 Å². The smallest absolute Gasteiger partial charge is 0.272 e. The predicted octanol–water partition coefficient (Wildman–Crippen LogP) is 4.07. The number of amides is 2. The molecule has 0 radical (unpaired) electrons. The number of benzene rings is 3. The molecule has 3 N–H and O–H groups in total. The summed E-state index contributed by atoms with van der Waals surface area (Å²) in [5.74, 6) is -1.10. The molecule has 1 heterocycles. The Bertz CT molecular complexity index is 1430. The molecule has 0 aliphatic carbocycles. The Balaban J connectivity index is 1.67. The number of rotatable bonds is 6. The molecule has 3 aromatic carbocycles. The third-order valence-electron chi connectivity index (χ3n) is 4.85. The van der Waals surface area contributed by atoms with Crippen molar-refractivity contribution in [1.29, 1.82) is 0 Å². The molecule has 4 aromatic rings. The monoisotopic (exact) mass is 581 g/mol. The van der Waals surface area contributed by atoms with Crippen molar-refractivity contribution in [3.63, 3.8) is 0 Å². The Hall–Kier alpha value is -3.63. The maximum absolute atomic E-state index is 13.2. The lowest BCUT2D eigenvalue weighted by atomic mass is 10.0. The molecule has 1 unspecified atom stereocenters. The summed E-state index contributed by atoms with van der Waals surface area (Å²) in [4.78, 5) is 38.3. The summed E-state index contributed by atoms with van der Waals surface area (Å²) in [5.41, 5.74) is 3.36. The Morgan fingerprint density at radius 2 is 1.59 bits per heavy atom. The van der Waals surface area contributed by atoms with Crippen molar-refractivity contribution in [2.75, 3.05) is 0 Å². The number of H-pyrrole nitrogens is 1. The lowest BCUT2D eigenvalue weighted by Crippen LogP contribution is -2.40. The van der Waals surface area contributed by atoms with Crippen LogP contribution in [0, 0.1) is 0 Å². The fraction of sp³-hybridized carbons (Fsp3) is 0.0417. The van der Waals surface area contributed by atoms with Gasteiger partial charge >= 0.3 is 0 Å². The standard InChI is InChI=1S/C24H17Br2N5O3/c25-16-10-14(11-17(26)12-16)13-27-30-24(34)21(28-22(32)15-6-2-1-3-7-15)20-18-8-4-5-9-19(18)23(33)31-29-20/h1-13,21H,(H,28,32)(H,30,34)(H,31,33). The van der Waals surface area contributed by atoms with E-state index in [1.54, 1.807) is 54.6 Å². The van der Waals surface area contributed by atoms with Crippen molar-refractivity contribution in [2.45, 2.75) is 6.04 Å². The fourth-order valence-electron chi connectivity index (χ4n) is 3.30. The number of hydrogen-bond donors (Lipinski definition) is 3. The summed E-state index contributed by atoms with van der Waals surface area (Å²) in [6.07, 6.45) is 1.47. The molecule has 8 nitrogen and oxygen atoms in total. The minimum Gasteiger partial charge on any atom is -0.335 e. The van der Waals surface area contributed by atoms with Crippen molar-refractivity contribution in [3.8, 4) is 0 Å². The molecule has 170 valence electrons. The highest BCUT2D eigenvalue weighted by molar-refractivity contribution is 9.11. The zero-order chi connectivity index (χ0) is 24.1. The predicted molar refractivity (Wildman–Crippen MR) is 137 cm³/mol. The summed E-state index contributed by atoms with van der Waals surface area (Å²) in [5, 5.41) is 14.0. The molecule has 0 saturated heterocycles. The Labute approximate surface area is 210 Å². The van der Waals surface area contributed by atoms with Crippen LogP contribution in [0.4, 0.5) is 0 Å². The zero-order valence-electron chi connectivity index (χ0n) is 17.5. The third-order valence-corrected chi connectivity index (χ3v) is 5.76. The quantitative estimate of drug-likeness (QED) is 0.235. The van der Waals surface area contributed by atoms with Gasteiger partial charge in [-0.05, 0) is 42.0 Å². The zero-order valence-corrected chi connectivity index (χ0v) is 20.6. The van der Waals surface area contributed by atoms with Crippen molar-refractivity contribution >= 4 is 60.7 Å². The molecule has 1 atom stereocenters. The number of nitrogens with zero attached hydrogens (tertiary/aromatic N) is 2. The average Bonchev–Trinajstić information content (AvgIpc) is 2.83. The molecule has 0 aliphatic rings. The second-order valence-electron chi connectivity index (χ2n) is 7.19. The molecule has 0 fully saturated rings. The van der Waals surface area contributed by atoms with E-state index in [0.717, 1.165) is 14.5 Å². The van der Waals surface area contributed by atoms with E-state index in [4.69, 9.17) is 0 Å². The van der Waals surface area contributed by atoms with Crippen LogP contribution in [0.2, 0.25) is 0 Å². The molecular weight excluding hydrogens is 566 g/mol.